The quantitative estimate of drug-likeness (QED) is 0.275. The Labute approximate surface area is 228 Å². The second kappa shape index (κ2) is 11.2. The molecule has 7 nitrogen and oxygen atoms in total. The zero-order valence-corrected chi connectivity index (χ0v) is 23.9. The van der Waals surface area contributed by atoms with E-state index in [1.54, 1.807) is 28.7 Å². The van der Waals surface area contributed by atoms with Gasteiger partial charge in [0.05, 0.1) is 21.3 Å². The van der Waals surface area contributed by atoms with Crippen molar-refractivity contribution < 1.29 is 8.42 Å². The molecule has 1 saturated heterocycles. The van der Waals surface area contributed by atoms with Gasteiger partial charge < -0.3 is 11.1 Å². The van der Waals surface area contributed by atoms with E-state index in [4.69, 9.17) is 5.73 Å². The lowest BCUT2D eigenvalue weighted by molar-refractivity contribution is 0.272. The van der Waals surface area contributed by atoms with Gasteiger partial charge in [-0.2, -0.15) is 9.40 Å². The number of nitrogens with two attached hydrogens (primary N) is 1. The molecule has 0 amide bonds. The van der Waals surface area contributed by atoms with Crippen LogP contribution in [0.3, 0.4) is 0 Å². The molecule has 1 aromatic heterocycles. The lowest BCUT2D eigenvalue weighted by atomic mass is 9.98. The molecular formula is C28H34BrN5O2S. The van der Waals surface area contributed by atoms with E-state index < -0.39 is 10.0 Å². The van der Waals surface area contributed by atoms with Crippen molar-refractivity contribution in [3.63, 3.8) is 0 Å². The van der Waals surface area contributed by atoms with Crippen molar-refractivity contribution in [2.45, 2.75) is 38.5 Å². The zero-order valence-electron chi connectivity index (χ0n) is 21.5. The Hall–Kier alpha value is -2.88. The highest BCUT2D eigenvalue weighted by molar-refractivity contribution is 9.10. The third kappa shape index (κ3) is 6.17. The number of aryl methyl sites for hydroxylation is 2. The standard InChI is InChI=1S/C28H34BrN5O2S/c1-19-13-24(30)16-25(14-19)37(35,36)33-11-9-23(10-12-33)17-31-28(34-22(4)27(29)18-32-34)15-21(3)26-8-6-5-7-20(26)2/h5-8,13-16,18,23,31H,3,9-12,17,30H2,1-2,4H3/b28-15-. The van der Waals surface area contributed by atoms with Crippen molar-refractivity contribution in [3.8, 4) is 0 Å². The Morgan fingerprint density at radius 3 is 2.51 bits per heavy atom. The molecule has 4 rings (SSSR count). The Bertz CT molecular complexity index is 1420. The van der Waals surface area contributed by atoms with Crippen molar-refractivity contribution in [1.82, 2.24) is 19.4 Å². The molecule has 0 unspecified atom stereocenters. The minimum Gasteiger partial charge on any atom is -0.399 e. The molecule has 196 valence electrons. The van der Waals surface area contributed by atoms with Gasteiger partial charge in [-0.25, -0.2) is 13.1 Å². The van der Waals surface area contributed by atoms with Crippen LogP contribution in [0.1, 0.15) is 35.2 Å². The lowest BCUT2D eigenvalue weighted by Gasteiger charge is -2.32. The molecule has 2 heterocycles. The highest BCUT2D eigenvalue weighted by atomic mass is 79.9. The fourth-order valence-corrected chi connectivity index (χ4v) is 6.54. The summed E-state index contributed by atoms with van der Waals surface area (Å²) in [5, 5.41) is 8.12. The molecule has 37 heavy (non-hydrogen) atoms. The fourth-order valence-electron chi connectivity index (χ4n) is 4.67. The number of anilines is 1. The molecule has 0 atom stereocenters. The van der Waals surface area contributed by atoms with Crippen LogP contribution in [-0.2, 0) is 10.0 Å². The van der Waals surface area contributed by atoms with Crippen molar-refractivity contribution in [3.05, 3.63) is 88.2 Å². The number of halogens is 1. The SMILES string of the molecule is C=C(/C=C(/NCC1CCN(S(=O)(=O)c2cc(C)cc(N)c2)CC1)n1ncc(Br)c1C)c1ccccc1C. The second-order valence-electron chi connectivity index (χ2n) is 9.67. The lowest BCUT2D eigenvalue weighted by Crippen LogP contribution is -2.40. The topological polar surface area (TPSA) is 93.3 Å². The molecule has 0 aliphatic carbocycles. The highest BCUT2D eigenvalue weighted by Crippen LogP contribution is 2.27. The zero-order chi connectivity index (χ0) is 26.7. The Morgan fingerprint density at radius 2 is 1.89 bits per heavy atom. The molecule has 0 spiro atoms. The average molecular weight is 585 g/mol. The van der Waals surface area contributed by atoms with Gasteiger partial charge in [-0.3, -0.25) is 0 Å². The van der Waals surface area contributed by atoms with Crippen LogP contribution in [0.2, 0.25) is 0 Å². The van der Waals surface area contributed by atoms with E-state index in [-0.39, 0.29) is 4.90 Å². The number of hydrogen-bond acceptors (Lipinski definition) is 5. The molecule has 0 saturated carbocycles. The van der Waals surface area contributed by atoms with Crippen molar-refractivity contribution >= 4 is 43.0 Å². The molecule has 0 bridgehead atoms. The maximum atomic E-state index is 13.2. The molecule has 2 aromatic carbocycles. The Balaban J connectivity index is 1.46. The van der Waals surface area contributed by atoms with E-state index >= 15 is 0 Å². The summed E-state index contributed by atoms with van der Waals surface area (Å²) in [4.78, 5) is 0.265. The smallest absolute Gasteiger partial charge is 0.243 e. The van der Waals surface area contributed by atoms with Crippen molar-refractivity contribution in [1.29, 1.82) is 0 Å². The maximum absolute atomic E-state index is 13.2. The molecular weight excluding hydrogens is 550 g/mol. The molecule has 1 fully saturated rings. The molecule has 3 N–H and O–H groups in total. The first-order valence-corrected chi connectivity index (χ1v) is 14.6. The summed E-state index contributed by atoms with van der Waals surface area (Å²) in [6.07, 6.45) is 5.34. The number of sulfonamides is 1. The maximum Gasteiger partial charge on any atom is 0.243 e. The van der Waals surface area contributed by atoms with Crippen LogP contribution in [-0.4, -0.2) is 42.1 Å². The summed E-state index contributed by atoms with van der Waals surface area (Å²) < 4.78 is 30.8. The first-order chi connectivity index (χ1) is 17.6. The predicted molar refractivity (Wildman–Crippen MR) is 154 cm³/mol. The van der Waals surface area contributed by atoms with Gasteiger partial charge in [-0.1, -0.05) is 30.8 Å². The van der Waals surface area contributed by atoms with Gasteiger partial charge in [0, 0.05) is 25.3 Å². The van der Waals surface area contributed by atoms with Crippen LogP contribution < -0.4 is 11.1 Å². The molecule has 0 radical (unpaired) electrons. The van der Waals surface area contributed by atoms with Gasteiger partial charge in [0.1, 0.15) is 5.82 Å². The number of benzene rings is 2. The third-order valence-corrected chi connectivity index (χ3v) is 9.49. The normalized spacial score (nSPS) is 15.6. The van der Waals surface area contributed by atoms with Crippen LogP contribution >= 0.6 is 15.9 Å². The Kier molecular flexibility index (Phi) is 8.26. The largest absolute Gasteiger partial charge is 0.399 e. The monoisotopic (exact) mass is 583 g/mol. The van der Waals surface area contributed by atoms with Gasteiger partial charge in [0.15, 0.2) is 0 Å². The number of hydrogen-bond donors (Lipinski definition) is 2. The number of nitrogens with zero attached hydrogens (tertiary/aromatic N) is 3. The minimum atomic E-state index is -3.57. The van der Waals surface area contributed by atoms with Gasteiger partial charge in [0.25, 0.3) is 0 Å². The molecule has 1 aliphatic heterocycles. The first-order valence-electron chi connectivity index (χ1n) is 12.3. The number of allylic oxidation sites excluding steroid dienone is 2. The average Bonchev–Trinajstić information content (AvgIpc) is 3.19. The summed E-state index contributed by atoms with van der Waals surface area (Å²) in [5.41, 5.74) is 11.3. The van der Waals surface area contributed by atoms with Gasteiger partial charge >= 0.3 is 0 Å². The first kappa shape index (κ1) is 27.2. The number of rotatable bonds is 8. The van der Waals surface area contributed by atoms with Crippen molar-refractivity contribution in [2.75, 3.05) is 25.4 Å². The second-order valence-corrected chi connectivity index (χ2v) is 12.5. The third-order valence-electron chi connectivity index (χ3n) is 6.84. The number of nitrogens with one attached hydrogen (secondary N) is 1. The van der Waals surface area contributed by atoms with E-state index in [0.29, 0.717) is 31.2 Å². The summed E-state index contributed by atoms with van der Waals surface area (Å²) in [6, 6.07) is 13.2. The molecule has 1 aliphatic rings. The number of nitrogen functional groups attached to an aromatic ring is 1. The van der Waals surface area contributed by atoms with Crippen LogP contribution in [0, 0.1) is 26.7 Å². The van der Waals surface area contributed by atoms with Crippen LogP contribution in [0.15, 0.2) is 70.7 Å². The van der Waals surface area contributed by atoms with E-state index in [2.05, 4.69) is 52.0 Å². The van der Waals surface area contributed by atoms with Crippen LogP contribution in [0.4, 0.5) is 5.69 Å². The Morgan fingerprint density at radius 1 is 1.19 bits per heavy atom. The molecule has 3 aromatic rings. The van der Waals surface area contributed by atoms with Crippen LogP contribution in [0.5, 0.6) is 0 Å². The van der Waals surface area contributed by atoms with Crippen LogP contribution in [0.25, 0.3) is 11.4 Å². The van der Waals surface area contributed by atoms with E-state index in [1.807, 2.05) is 36.7 Å². The number of aromatic nitrogens is 2. The molecule has 9 heteroatoms. The summed E-state index contributed by atoms with van der Waals surface area (Å²) in [5.74, 6) is 1.16. The van der Waals surface area contributed by atoms with Gasteiger partial charge in [-0.15, -0.1) is 0 Å². The predicted octanol–water partition coefficient (Wildman–Crippen LogP) is 5.36. The van der Waals surface area contributed by atoms with Gasteiger partial charge in [-0.05, 0) is 102 Å². The van der Waals surface area contributed by atoms with E-state index in [0.717, 1.165) is 51.1 Å². The fraction of sp³-hybridized carbons (Fsp3) is 0.321. The van der Waals surface area contributed by atoms with E-state index in [9.17, 15) is 8.42 Å². The summed E-state index contributed by atoms with van der Waals surface area (Å²) in [7, 11) is -3.57. The summed E-state index contributed by atoms with van der Waals surface area (Å²) >= 11 is 3.56. The van der Waals surface area contributed by atoms with E-state index in [1.165, 1.54) is 0 Å². The van der Waals surface area contributed by atoms with Gasteiger partial charge in [0.2, 0.25) is 10.0 Å². The highest BCUT2D eigenvalue weighted by Gasteiger charge is 2.30. The summed E-state index contributed by atoms with van der Waals surface area (Å²) in [6.45, 7) is 11.9. The minimum absolute atomic E-state index is 0.265. The van der Waals surface area contributed by atoms with Crippen molar-refractivity contribution in [2.24, 2.45) is 5.92 Å². The number of piperidine rings is 1.